The third-order valence-corrected chi connectivity index (χ3v) is 11.7. The lowest BCUT2D eigenvalue weighted by molar-refractivity contribution is -0.348. The zero-order valence-corrected chi connectivity index (χ0v) is 35.8. The molecule has 0 aromatic carbocycles. The smallest absolute Gasteiger partial charge is 0.330 e. The number of carbonyl (C=O) groups is 5. The molecule has 0 spiro atoms. The molecule has 4 aliphatic heterocycles. The molecular formula is C43H64O16. The van der Waals surface area contributed by atoms with Gasteiger partial charge in [0.1, 0.15) is 18.3 Å². The van der Waals surface area contributed by atoms with Crippen LogP contribution < -0.4 is 0 Å². The first kappa shape index (κ1) is 48.0. The molecule has 0 aromatic heterocycles. The summed E-state index contributed by atoms with van der Waals surface area (Å²) in [6, 6.07) is 0. The van der Waals surface area contributed by atoms with Crippen LogP contribution in [0.15, 0.2) is 35.5 Å². The maximum Gasteiger partial charge on any atom is 0.330 e. The molecule has 6 bridgehead atoms. The van der Waals surface area contributed by atoms with E-state index >= 15 is 0 Å². The molecule has 11 unspecified atom stereocenters. The quantitative estimate of drug-likeness (QED) is 0.144. The van der Waals surface area contributed by atoms with Crippen LogP contribution in [0.3, 0.4) is 0 Å². The van der Waals surface area contributed by atoms with Gasteiger partial charge in [0, 0.05) is 56.6 Å². The summed E-state index contributed by atoms with van der Waals surface area (Å²) in [6.07, 6.45) is -2.64. The highest BCUT2D eigenvalue weighted by atomic mass is 16.6. The van der Waals surface area contributed by atoms with Gasteiger partial charge in [0.25, 0.3) is 0 Å². The van der Waals surface area contributed by atoms with Gasteiger partial charge in [-0.15, -0.1) is 0 Å². The number of aliphatic hydroxyl groups excluding tert-OH is 2. The summed E-state index contributed by atoms with van der Waals surface area (Å²) >= 11 is 0. The zero-order chi connectivity index (χ0) is 43.9. The third-order valence-electron chi connectivity index (χ3n) is 11.7. The molecule has 16 heteroatoms. The Labute approximate surface area is 346 Å². The largest absolute Gasteiger partial charge is 0.466 e. The van der Waals surface area contributed by atoms with Gasteiger partial charge in [-0.2, -0.15) is 0 Å². The van der Waals surface area contributed by atoms with Gasteiger partial charge >= 0.3 is 29.8 Å². The Morgan fingerprint density at radius 3 is 2.22 bits per heavy atom. The van der Waals surface area contributed by atoms with Crippen molar-refractivity contribution in [2.24, 2.45) is 10.8 Å². The molecule has 332 valence electrons. The van der Waals surface area contributed by atoms with E-state index in [1.807, 2.05) is 26.8 Å². The van der Waals surface area contributed by atoms with Gasteiger partial charge in [-0.1, -0.05) is 52.3 Å². The van der Waals surface area contributed by atoms with Crippen molar-refractivity contribution in [2.45, 2.75) is 180 Å². The Balaban J connectivity index is 1.84. The Morgan fingerprint density at radius 2 is 1.59 bits per heavy atom. The monoisotopic (exact) mass is 836 g/mol. The summed E-state index contributed by atoms with van der Waals surface area (Å²) in [7, 11) is 2.49. The zero-order valence-electron chi connectivity index (χ0n) is 35.8. The van der Waals surface area contributed by atoms with E-state index in [9.17, 15) is 39.3 Å². The van der Waals surface area contributed by atoms with E-state index in [1.54, 1.807) is 19.9 Å². The Kier molecular flexibility index (Phi) is 16.5. The maximum atomic E-state index is 13.4. The minimum atomic E-state index is -2.00. The van der Waals surface area contributed by atoms with Crippen LogP contribution in [-0.2, 0) is 61.9 Å². The van der Waals surface area contributed by atoms with E-state index in [0.717, 1.165) is 0 Å². The normalized spacial score (nSPS) is 35.7. The number of hydrogen-bond acceptors (Lipinski definition) is 16. The summed E-state index contributed by atoms with van der Waals surface area (Å²) in [5.74, 6) is -5.15. The molecule has 3 saturated heterocycles. The van der Waals surface area contributed by atoms with Crippen LogP contribution in [-0.4, -0.2) is 126 Å². The average molecular weight is 837 g/mol. The standard InChI is InChI=1S/C43H64O16/c1-10-11-35(47)58-34-22-31-19-28(46)20-38(50)57-33(24(2)44)21-30-17-27(18-37(49)53-9)39(54-25(3)45)40(56-30)41(4,5)13-12-29-14-26(16-36(48)52-8)15-32(55-29)23-43(51,59-31)42(34,6)7/h12-13,16,18,24,28-34,39-40,44,46,51H,10-11,14-15,17,19-23H2,1-9H3. The van der Waals surface area contributed by atoms with Gasteiger partial charge in [-0.05, 0) is 38.2 Å². The van der Waals surface area contributed by atoms with Crippen LogP contribution in [0.1, 0.15) is 113 Å². The highest BCUT2D eigenvalue weighted by Crippen LogP contribution is 2.49. The Morgan fingerprint density at radius 1 is 0.915 bits per heavy atom. The number of hydrogen-bond donors (Lipinski definition) is 3. The lowest BCUT2D eigenvalue weighted by Crippen LogP contribution is -2.62. The molecule has 0 saturated carbocycles. The van der Waals surface area contributed by atoms with Crippen molar-refractivity contribution in [3.05, 3.63) is 35.5 Å². The second-order valence-corrected chi connectivity index (χ2v) is 17.4. The molecule has 0 radical (unpaired) electrons. The summed E-state index contributed by atoms with van der Waals surface area (Å²) in [5, 5.41) is 34.6. The van der Waals surface area contributed by atoms with Gasteiger partial charge in [0.05, 0.1) is 62.7 Å². The van der Waals surface area contributed by atoms with Crippen LogP contribution in [0.2, 0.25) is 0 Å². The molecule has 59 heavy (non-hydrogen) atoms. The van der Waals surface area contributed by atoms with Crippen LogP contribution in [0.5, 0.6) is 0 Å². The van der Waals surface area contributed by atoms with E-state index in [1.165, 1.54) is 40.2 Å². The van der Waals surface area contributed by atoms with Crippen LogP contribution in [0.4, 0.5) is 0 Å². The first-order valence-corrected chi connectivity index (χ1v) is 20.5. The van der Waals surface area contributed by atoms with Crippen molar-refractivity contribution in [3.8, 4) is 0 Å². The van der Waals surface area contributed by atoms with Crippen molar-refractivity contribution in [3.63, 3.8) is 0 Å². The van der Waals surface area contributed by atoms with Crippen molar-refractivity contribution in [2.75, 3.05) is 14.2 Å². The fraction of sp³-hybridized carbons (Fsp3) is 0.744. The predicted octanol–water partition coefficient (Wildman–Crippen LogP) is 3.85. The number of methoxy groups -OCH3 is 2. The average Bonchev–Trinajstić information content (AvgIpc) is 3.12. The van der Waals surface area contributed by atoms with Gasteiger partial charge in [-0.3, -0.25) is 14.4 Å². The van der Waals surface area contributed by atoms with Gasteiger partial charge in [-0.25, -0.2) is 9.59 Å². The Hall–Kier alpha value is -3.67. The number of fused-ring (bicyclic) bond motifs is 6. The van der Waals surface area contributed by atoms with Crippen LogP contribution >= 0.6 is 0 Å². The summed E-state index contributed by atoms with van der Waals surface area (Å²) < 4.78 is 47.0. The molecule has 0 amide bonds. The number of aliphatic hydroxyl groups is 3. The van der Waals surface area contributed by atoms with Crippen molar-refractivity contribution >= 4 is 29.8 Å². The number of rotatable bonds is 7. The molecule has 4 heterocycles. The van der Waals surface area contributed by atoms with Crippen molar-refractivity contribution < 1.29 is 77.2 Å². The van der Waals surface area contributed by atoms with Gasteiger partial charge in [0.15, 0.2) is 11.9 Å². The topological polar surface area (TPSA) is 220 Å². The molecule has 0 aromatic rings. The molecule has 11 atom stereocenters. The van der Waals surface area contributed by atoms with Crippen molar-refractivity contribution in [1.82, 2.24) is 0 Å². The minimum Gasteiger partial charge on any atom is -0.466 e. The van der Waals surface area contributed by atoms with E-state index in [4.69, 9.17) is 37.9 Å². The predicted molar refractivity (Wildman–Crippen MR) is 209 cm³/mol. The summed E-state index contributed by atoms with van der Waals surface area (Å²) in [6.45, 7) is 11.7. The number of ether oxygens (including phenoxy) is 8. The molecule has 4 aliphatic rings. The number of cyclic esters (lactones) is 1. The third kappa shape index (κ3) is 12.7. The van der Waals surface area contributed by atoms with Crippen molar-refractivity contribution in [1.29, 1.82) is 0 Å². The molecule has 16 nitrogen and oxygen atoms in total. The fourth-order valence-corrected chi connectivity index (χ4v) is 8.32. The first-order chi connectivity index (χ1) is 27.6. The first-order valence-electron chi connectivity index (χ1n) is 20.5. The van der Waals surface area contributed by atoms with Crippen LogP contribution in [0, 0.1) is 10.8 Å². The van der Waals surface area contributed by atoms with Crippen LogP contribution in [0.25, 0.3) is 0 Å². The maximum absolute atomic E-state index is 13.4. The fourth-order valence-electron chi connectivity index (χ4n) is 8.32. The van der Waals surface area contributed by atoms with E-state index in [-0.39, 0.29) is 51.4 Å². The summed E-state index contributed by atoms with van der Waals surface area (Å²) in [4.78, 5) is 63.9. The van der Waals surface area contributed by atoms with Gasteiger partial charge in [0.2, 0.25) is 0 Å². The lowest BCUT2D eigenvalue weighted by Gasteiger charge is -2.53. The number of carbonyl (C=O) groups excluding carboxylic acids is 5. The molecule has 4 rings (SSSR count). The highest BCUT2D eigenvalue weighted by molar-refractivity contribution is 5.83. The molecule has 3 fully saturated rings. The molecule has 3 N–H and O–H groups in total. The van der Waals surface area contributed by atoms with Gasteiger partial charge < -0.3 is 53.2 Å². The minimum absolute atomic E-state index is 0.0329. The summed E-state index contributed by atoms with van der Waals surface area (Å²) in [5.41, 5.74) is -1.10. The lowest BCUT2D eigenvalue weighted by atomic mass is 9.70. The SMILES string of the molecule is CCCC(=O)OC1CC2CC(O)CC(=O)OC(C(C)O)CC3CC(=CC(=O)OC)C(OC(C)=O)C(O3)C(C)(C)C=CC3CC(=CC(=O)OC)CC(CC(O)(O2)C1(C)C)O3. The van der Waals surface area contributed by atoms with E-state index in [2.05, 4.69) is 0 Å². The van der Waals surface area contributed by atoms with E-state index in [0.29, 0.717) is 17.6 Å². The highest BCUT2D eigenvalue weighted by Gasteiger charge is 2.58. The molecule has 0 aliphatic carbocycles. The number of esters is 5. The Bertz CT molecular complexity index is 1610. The second kappa shape index (κ2) is 20.3. The van der Waals surface area contributed by atoms with E-state index < -0.39 is 114 Å². The molecular weight excluding hydrogens is 772 g/mol. The second-order valence-electron chi connectivity index (χ2n) is 17.4.